The van der Waals surface area contributed by atoms with Crippen LogP contribution in [0.25, 0.3) is 0 Å². The molecule has 0 atom stereocenters. The Hall–Kier alpha value is -1.93. The molecule has 1 aromatic heterocycles. The molecule has 0 aliphatic heterocycles. The summed E-state index contributed by atoms with van der Waals surface area (Å²) in [6.45, 7) is 0.438. The fraction of sp³-hybridized carbons (Fsp3) is 0.154. The number of rotatable bonds is 4. The van der Waals surface area contributed by atoms with Crippen LogP contribution in [0.2, 0.25) is 0 Å². The van der Waals surface area contributed by atoms with Gasteiger partial charge in [0.2, 0.25) is 0 Å². The van der Waals surface area contributed by atoms with Crippen molar-refractivity contribution in [1.82, 2.24) is 4.90 Å². The minimum atomic E-state index is -0.595. The molecule has 0 spiro atoms. The van der Waals surface area contributed by atoms with E-state index in [2.05, 4.69) is 15.9 Å². The van der Waals surface area contributed by atoms with Gasteiger partial charge >= 0.3 is 0 Å². The molecule has 6 nitrogen and oxygen atoms in total. The van der Waals surface area contributed by atoms with Crippen LogP contribution < -0.4 is 5.73 Å². The number of nitrogens with zero attached hydrogens (tertiary/aromatic N) is 2. The van der Waals surface area contributed by atoms with Crippen LogP contribution in [-0.2, 0) is 6.54 Å². The number of nitrogen functional groups attached to an aromatic ring is 1. The molecule has 0 aliphatic carbocycles. The molecule has 21 heavy (non-hydrogen) atoms. The Bertz CT molecular complexity index is 702. The highest BCUT2D eigenvalue weighted by Crippen LogP contribution is 2.24. The summed E-state index contributed by atoms with van der Waals surface area (Å²) in [7, 11) is 1.65. The highest BCUT2D eigenvalue weighted by molar-refractivity contribution is 9.10. The maximum atomic E-state index is 12.3. The lowest BCUT2D eigenvalue weighted by atomic mass is 10.1. The molecule has 2 rings (SSSR count). The van der Waals surface area contributed by atoms with Crippen LogP contribution in [0.5, 0.6) is 0 Å². The first kappa shape index (κ1) is 15.5. The smallest absolute Gasteiger partial charge is 0.292 e. The molecule has 110 valence electrons. The number of hydrogen-bond donors (Lipinski definition) is 1. The van der Waals surface area contributed by atoms with Crippen molar-refractivity contribution in [3.8, 4) is 0 Å². The van der Waals surface area contributed by atoms with Gasteiger partial charge < -0.3 is 10.6 Å². The zero-order valence-corrected chi connectivity index (χ0v) is 13.5. The van der Waals surface area contributed by atoms with E-state index in [1.807, 2.05) is 11.4 Å². The molecule has 0 radical (unpaired) electrons. The van der Waals surface area contributed by atoms with E-state index in [1.165, 1.54) is 34.4 Å². The fourth-order valence-corrected chi connectivity index (χ4v) is 3.30. The standard InChI is InChI=1S/C13H12BrN3O3S/c1-16(6-10-5-9(14)7-21-10)13(18)8-2-3-11(15)12(4-8)17(19)20/h2-5,7H,6,15H2,1H3. The molecule has 1 amide bonds. The van der Waals surface area contributed by atoms with E-state index in [1.54, 1.807) is 7.05 Å². The average molecular weight is 370 g/mol. The van der Waals surface area contributed by atoms with Gasteiger partial charge in [0.25, 0.3) is 11.6 Å². The second-order valence-corrected chi connectivity index (χ2v) is 6.33. The number of nitro groups is 1. The minimum absolute atomic E-state index is 0.0430. The summed E-state index contributed by atoms with van der Waals surface area (Å²) in [6, 6.07) is 6.00. The maximum absolute atomic E-state index is 12.3. The molecule has 0 saturated heterocycles. The summed E-state index contributed by atoms with van der Waals surface area (Å²) in [4.78, 5) is 25.1. The third-order valence-electron chi connectivity index (χ3n) is 2.84. The van der Waals surface area contributed by atoms with Crippen LogP contribution >= 0.6 is 27.3 Å². The largest absolute Gasteiger partial charge is 0.393 e. The van der Waals surface area contributed by atoms with Gasteiger partial charge in [-0.15, -0.1) is 11.3 Å². The Morgan fingerprint density at radius 3 is 2.76 bits per heavy atom. The maximum Gasteiger partial charge on any atom is 0.292 e. The molecule has 8 heteroatoms. The first-order chi connectivity index (χ1) is 9.88. The SMILES string of the molecule is CN(Cc1cc(Br)cs1)C(=O)c1ccc(N)c([N+](=O)[O-])c1. The fourth-order valence-electron chi connectivity index (χ4n) is 1.80. The van der Waals surface area contributed by atoms with Crippen molar-refractivity contribution in [2.24, 2.45) is 0 Å². The summed E-state index contributed by atoms with van der Waals surface area (Å²) < 4.78 is 0.964. The van der Waals surface area contributed by atoms with Gasteiger partial charge in [0, 0.05) is 33.4 Å². The lowest BCUT2D eigenvalue weighted by Gasteiger charge is -2.16. The number of carbonyl (C=O) groups excluding carboxylic acids is 1. The third-order valence-corrected chi connectivity index (χ3v) is 4.52. The molecule has 0 aliphatic rings. The molecule has 2 N–H and O–H groups in total. The van der Waals surface area contributed by atoms with E-state index in [-0.39, 0.29) is 22.8 Å². The Morgan fingerprint density at radius 2 is 2.19 bits per heavy atom. The van der Waals surface area contributed by atoms with E-state index in [4.69, 9.17) is 5.73 Å². The molecule has 0 fully saturated rings. The molecular weight excluding hydrogens is 358 g/mol. The Labute approximate surface area is 133 Å². The summed E-state index contributed by atoms with van der Waals surface area (Å²) in [5.41, 5.74) is 5.55. The van der Waals surface area contributed by atoms with Crippen LogP contribution in [-0.4, -0.2) is 22.8 Å². The molecule has 0 saturated carbocycles. The van der Waals surface area contributed by atoms with Crippen molar-refractivity contribution in [1.29, 1.82) is 0 Å². The van der Waals surface area contributed by atoms with Gasteiger partial charge in [0.15, 0.2) is 0 Å². The minimum Gasteiger partial charge on any atom is -0.393 e. The number of nitro benzene ring substituents is 1. The van der Waals surface area contributed by atoms with Crippen molar-refractivity contribution < 1.29 is 9.72 Å². The quantitative estimate of drug-likeness (QED) is 0.508. The first-order valence-corrected chi connectivity index (χ1v) is 7.58. The predicted molar refractivity (Wildman–Crippen MR) is 85.3 cm³/mol. The van der Waals surface area contributed by atoms with E-state index in [0.717, 1.165) is 9.35 Å². The number of benzene rings is 1. The lowest BCUT2D eigenvalue weighted by Crippen LogP contribution is -2.25. The number of anilines is 1. The van der Waals surface area contributed by atoms with Crippen molar-refractivity contribution in [2.75, 3.05) is 12.8 Å². The van der Waals surface area contributed by atoms with Crippen molar-refractivity contribution >= 4 is 44.5 Å². The van der Waals surface area contributed by atoms with Gasteiger partial charge in [-0.3, -0.25) is 14.9 Å². The van der Waals surface area contributed by atoms with Gasteiger partial charge in [-0.1, -0.05) is 0 Å². The van der Waals surface area contributed by atoms with Crippen molar-refractivity contribution in [3.63, 3.8) is 0 Å². The second kappa shape index (κ2) is 6.23. The topological polar surface area (TPSA) is 89.5 Å². The van der Waals surface area contributed by atoms with Gasteiger partial charge in [-0.25, -0.2) is 0 Å². The monoisotopic (exact) mass is 369 g/mol. The number of nitrogens with two attached hydrogens (primary N) is 1. The van der Waals surface area contributed by atoms with Crippen LogP contribution in [0.1, 0.15) is 15.2 Å². The van der Waals surface area contributed by atoms with Gasteiger partial charge in [-0.2, -0.15) is 0 Å². The predicted octanol–water partition coefficient (Wildman–Crippen LogP) is 3.27. The second-order valence-electron chi connectivity index (χ2n) is 4.42. The number of hydrogen-bond acceptors (Lipinski definition) is 5. The third kappa shape index (κ3) is 3.59. The van der Waals surface area contributed by atoms with Gasteiger partial charge in [-0.05, 0) is 34.1 Å². The molecular formula is C13H12BrN3O3S. The highest BCUT2D eigenvalue weighted by Gasteiger charge is 2.18. The summed E-state index contributed by atoms with van der Waals surface area (Å²) >= 11 is 4.89. The van der Waals surface area contributed by atoms with E-state index in [0.29, 0.717) is 6.54 Å². The number of carbonyl (C=O) groups is 1. The van der Waals surface area contributed by atoms with E-state index >= 15 is 0 Å². The molecule has 0 unspecified atom stereocenters. The Morgan fingerprint density at radius 1 is 1.48 bits per heavy atom. The zero-order chi connectivity index (χ0) is 15.6. The summed E-state index contributed by atoms with van der Waals surface area (Å²) in [5.74, 6) is -0.289. The molecule has 1 aromatic carbocycles. The first-order valence-electron chi connectivity index (χ1n) is 5.91. The van der Waals surface area contributed by atoms with Crippen molar-refractivity contribution in [2.45, 2.75) is 6.54 Å². The normalized spacial score (nSPS) is 10.4. The number of halogens is 1. The lowest BCUT2D eigenvalue weighted by molar-refractivity contribution is -0.383. The van der Waals surface area contributed by atoms with Crippen LogP contribution in [0.3, 0.4) is 0 Å². The van der Waals surface area contributed by atoms with Crippen LogP contribution in [0.4, 0.5) is 11.4 Å². The van der Waals surface area contributed by atoms with E-state index in [9.17, 15) is 14.9 Å². The van der Waals surface area contributed by atoms with Gasteiger partial charge in [0.1, 0.15) is 5.69 Å². The highest BCUT2D eigenvalue weighted by atomic mass is 79.9. The Kier molecular flexibility index (Phi) is 4.59. The zero-order valence-electron chi connectivity index (χ0n) is 11.1. The van der Waals surface area contributed by atoms with E-state index < -0.39 is 4.92 Å². The molecule has 1 heterocycles. The molecule has 0 bridgehead atoms. The van der Waals surface area contributed by atoms with Gasteiger partial charge in [0.05, 0.1) is 11.5 Å². The number of amides is 1. The summed E-state index contributed by atoms with van der Waals surface area (Å²) in [5, 5.41) is 12.8. The molecule has 2 aromatic rings. The average Bonchev–Trinajstić information content (AvgIpc) is 2.83. The summed E-state index contributed by atoms with van der Waals surface area (Å²) in [6.07, 6.45) is 0. The van der Waals surface area contributed by atoms with Crippen LogP contribution in [0.15, 0.2) is 34.1 Å². The Balaban J connectivity index is 2.19. The van der Waals surface area contributed by atoms with Crippen molar-refractivity contribution in [3.05, 3.63) is 54.7 Å². The van der Waals surface area contributed by atoms with Crippen LogP contribution in [0, 0.1) is 10.1 Å². The number of thiophene rings is 1.